The van der Waals surface area contributed by atoms with Crippen LogP contribution >= 0.6 is 23.1 Å². The Hall–Kier alpha value is -3.04. The van der Waals surface area contributed by atoms with Gasteiger partial charge in [0.25, 0.3) is 5.91 Å². The predicted molar refractivity (Wildman–Crippen MR) is 126 cm³/mol. The number of aromatic nitrogens is 1. The minimum atomic E-state index is -0.545. The molecule has 1 aliphatic heterocycles. The van der Waals surface area contributed by atoms with E-state index in [1.807, 2.05) is 35.7 Å². The molecule has 0 spiro atoms. The number of amides is 2. The maximum Gasteiger partial charge on any atom is 0.255 e. The van der Waals surface area contributed by atoms with Gasteiger partial charge in [0.1, 0.15) is 22.5 Å². The van der Waals surface area contributed by atoms with Crippen LogP contribution in [0, 0.1) is 0 Å². The van der Waals surface area contributed by atoms with Crippen molar-refractivity contribution in [2.24, 2.45) is 0 Å². The van der Waals surface area contributed by atoms with Gasteiger partial charge >= 0.3 is 0 Å². The number of thiazole rings is 1. The Morgan fingerprint density at radius 1 is 1.12 bits per heavy atom. The quantitative estimate of drug-likeness (QED) is 0.569. The van der Waals surface area contributed by atoms with Crippen molar-refractivity contribution < 1.29 is 19.1 Å². The number of nitrogens with one attached hydrogen (secondary N) is 1. The van der Waals surface area contributed by atoms with Gasteiger partial charge in [-0.05, 0) is 12.1 Å². The van der Waals surface area contributed by atoms with Gasteiger partial charge in [0.2, 0.25) is 5.91 Å². The summed E-state index contributed by atoms with van der Waals surface area (Å²) in [5.41, 5.74) is 2.27. The lowest BCUT2D eigenvalue weighted by molar-refractivity contribution is -0.124. The molecule has 1 atom stereocenters. The summed E-state index contributed by atoms with van der Waals surface area (Å²) in [6, 6.07) is 14.4. The molecule has 1 unspecified atom stereocenters. The molecule has 166 valence electrons. The number of nitrogens with zero attached hydrogens (tertiary/aromatic N) is 2. The van der Waals surface area contributed by atoms with E-state index in [2.05, 4.69) is 10.3 Å². The van der Waals surface area contributed by atoms with Crippen molar-refractivity contribution in [2.45, 2.75) is 12.6 Å². The third kappa shape index (κ3) is 4.89. The van der Waals surface area contributed by atoms with Gasteiger partial charge in [-0.15, -0.1) is 23.1 Å². The summed E-state index contributed by atoms with van der Waals surface area (Å²) in [4.78, 5) is 32.2. The van der Waals surface area contributed by atoms with Crippen LogP contribution in [0.15, 0.2) is 53.9 Å². The van der Waals surface area contributed by atoms with Crippen molar-refractivity contribution in [3.63, 3.8) is 0 Å². The topological polar surface area (TPSA) is 80.8 Å². The Kier molecular flexibility index (Phi) is 6.96. The second-order valence-corrected chi connectivity index (χ2v) is 8.98. The van der Waals surface area contributed by atoms with Crippen LogP contribution in [0.1, 0.15) is 16.1 Å². The Labute approximate surface area is 194 Å². The summed E-state index contributed by atoms with van der Waals surface area (Å²) in [6.45, 7) is 0.318. The Bertz CT molecular complexity index is 1080. The van der Waals surface area contributed by atoms with Crippen molar-refractivity contribution in [2.75, 3.05) is 25.8 Å². The predicted octanol–water partition coefficient (Wildman–Crippen LogP) is 3.66. The first-order chi connectivity index (χ1) is 15.6. The first-order valence-corrected chi connectivity index (χ1v) is 12.0. The van der Waals surface area contributed by atoms with Crippen LogP contribution in [-0.4, -0.2) is 53.6 Å². The highest BCUT2D eigenvalue weighted by atomic mass is 32.2. The van der Waals surface area contributed by atoms with E-state index in [0.29, 0.717) is 35.2 Å². The van der Waals surface area contributed by atoms with Crippen LogP contribution in [0.2, 0.25) is 0 Å². The summed E-state index contributed by atoms with van der Waals surface area (Å²) < 4.78 is 10.5. The first-order valence-electron chi connectivity index (χ1n) is 9.98. The van der Waals surface area contributed by atoms with Crippen molar-refractivity contribution in [1.82, 2.24) is 15.2 Å². The van der Waals surface area contributed by atoms with E-state index in [1.54, 1.807) is 46.2 Å². The second kappa shape index (κ2) is 10.1. The molecule has 0 aliphatic carbocycles. The molecular weight excluding hydrogens is 446 g/mol. The molecule has 1 aliphatic rings. The smallest absolute Gasteiger partial charge is 0.255 e. The second-order valence-electron chi connectivity index (χ2n) is 7.12. The Morgan fingerprint density at radius 3 is 2.53 bits per heavy atom. The number of rotatable bonds is 7. The monoisotopic (exact) mass is 469 g/mol. The SMILES string of the molecule is COc1cc(OC)cc(C(=O)N2CSCC2C(=O)NCc2csc(-c3ccccc3)n2)c1. The molecule has 1 aromatic heterocycles. The fourth-order valence-corrected chi connectivity index (χ4v) is 5.33. The normalized spacial score (nSPS) is 15.4. The highest BCUT2D eigenvalue weighted by molar-refractivity contribution is 7.99. The van der Waals surface area contributed by atoms with E-state index < -0.39 is 6.04 Å². The fraction of sp³-hybridized carbons (Fsp3) is 0.261. The molecule has 4 rings (SSSR count). The lowest BCUT2D eigenvalue weighted by Crippen LogP contribution is -2.47. The standard InChI is InChI=1S/C23H23N3O4S2/c1-29-18-8-16(9-19(10-18)30-2)23(28)26-14-31-13-20(26)21(27)24-11-17-12-32-22(25-17)15-6-4-3-5-7-15/h3-10,12,20H,11,13-14H2,1-2H3,(H,24,27). The molecule has 1 fully saturated rings. The number of carbonyl (C=O) groups is 2. The van der Waals surface area contributed by atoms with Crippen LogP contribution in [-0.2, 0) is 11.3 Å². The van der Waals surface area contributed by atoms with Gasteiger partial charge in [0, 0.05) is 28.3 Å². The van der Waals surface area contributed by atoms with Gasteiger partial charge < -0.3 is 19.7 Å². The zero-order chi connectivity index (χ0) is 22.5. The van der Waals surface area contributed by atoms with Crippen molar-refractivity contribution in [3.8, 4) is 22.1 Å². The molecule has 0 bridgehead atoms. The number of ether oxygens (including phenoxy) is 2. The molecule has 3 aromatic rings. The van der Waals surface area contributed by atoms with Crippen LogP contribution in [0.5, 0.6) is 11.5 Å². The van der Waals surface area contributed by atoms with Crippen molar-refractivity contribution in [1.29, 1.82) is 0 Å². The molecule has 32 heavy (non-hydrogen) atoms. The van der Waals surface area contributed by atoms with Gasteiger partial charge in [-0.2, -0.15) is 0 Å². The lowest BCUT2D eigenvalue weighted by Gasteiger charge is -2.23. The van der Waals surface area contributed by atoms with Crippen LogP contribution in [0.3, 0.4) is 0 Å². The number of hydrogen-bond acceptors (Lipinski definition) is 7. The molecule has 9 heteroatoms. The third-order valence-electron chi connectivity index (χ3n) is 5.06. The van der Waals surface area contributed by atoms with E-state index in [0.717, 1.165) is 16.3 Å². The molecule has 0 saturated carbocycles. The Balaban J connectivity index is 1.42. The third-order valence-corrected chi connectivity index (χ3v) is 7.01. The number of thioether (sulfide) groups is 1. The zero-order valence-corrected chi connectivity index (χ0v) is 19.4. The van der Waals surface area contributed by atoms with E-state index in [1.165, 1.54) is 14.2 Å². The maximum absolute atomic E-state index is 13.1. The molecule has 2 aromatic carbocycles. The van der Waals surface area contributed by atoms with E-state index in [-0.39, 0.29) is 11.8 Å². The molecule has 7 nitrogen and oxygen atoms in total. The fourth-order valence-electron chi connectivity index (χ4n) is 3.35. The van der Waals surface area contributed by atoms with Gasteiger partial charge in [0.15, 0.2) is 0 Å². The average molecular weight is 470 g/mol. The van der Waals surface area contributed by atoms with Gasteiger partial charge in [-0.3, -0.25) is 9.59 Å². The molecule has 0 radical (unpaired) electrons. The van der Waals surface area contributed by atoms with Crippen LogP contribution < -0.4 is 14.8 Å². The summed E-state index contributed by atoms with van der Waals surface area (Å²) in [5, 5.41) is 5.79. The Morgan fingerprint density at radius 2 is 1.84 bits per heavy atom. The molecule has 2 amide bonds. The molecule has 1 saturated heterocycles. The van der Waals surface area contributed by atoms with Gasteiger partial charge in [-0.25, -0.2) is 4.98 Å². The number of carbonyl (C=O) groups excluding carboxylic acids is 2. The summed E-state index contributed by atoms with van der Waals surface area (Å²) in [5.74, 6) is 1.63. The number of benzene rings is 2. The zero-order valence-electron chi connectivity index (χ0n) is 17.7. The highest BCUT2D eigenvalue weighted by Crippen LogP contribution is 2.28. The lowest BCUT2D eigenvalue weighted by atomic mass is 10.1. The summed E-state index contributed by atoms with van der Waals surface area (Å²) in [7, 11) is 3.07. The van der Waals surface area contributed by atoms with E-state index >= 15 is 0 Å². The van der Waals surface area contributed by atoms with Gasteiger partial charge in [-0.1, -0.05) is 30.3 Å². The van der Waals surface area contributed by atoms with Crippen LogP contribution in [0.4, 0.5) is 0 Å². The minimum absolute atomic E-state index is 0.188. The first kappa shape index (κ1) is 22.2. The van der Waals surface area contributed by atoms with Crippen molar-refractivity contribution in [3.05, 3.63) is 65.2 Å². The number of hydrogen-bond donors (Lipinski definition) is 1. The summed E-state index contributed by atoms with van der Waals surface area (Å²) in [6.07, 6.45) is 0. The minimum Gasteiger partial charge on any atom is -0.497 e. The molecule has 2 heterocycles. The molecule has 1 N–H and O–H groups in total. The average Bonchev–Trinajstić information content (AvgIpc) is 3.52. The van der Waals surface area contributed by atoms with E-state index in [4.69, 9.17) is 9.47 Å². The maximum atomic E-state index is 13.1. The van der Waals surface area contributed by atoms with Crippen LogP contribution in [0.25, 0.3) is 10.6 Å². The highest BCUT2D eigenvalue weighted by Gasteiger charge is 2.35. The molecular formula is C23H23N3O4S2. The largest absolute Gasteiger partial charge is 0.497 e. The van der Waals surface area contributed by atoms with Gasteiger partial charge in [0.05, 0.1) is 32.3 Å². The summed E-state index contributed by atoms with van der Waals surface area (Å²) >= 11 is 3.09. The van der Waals surface area contributed by atoms with E-state index in [9.17, 15) is 9.59 Å². The van der Waals surface area contributed by atoms with Crippen molar-refractivity contribution >= 4 is 34.9 Å². The number of methoxy groups -OCH3 is 2.